The lowest BCUT2D eigenvalue weighted by molar-refractivity contribution is -0.153. The fraction of sp³-hybridized carbons (Fsp3) is 0.471. The van der Waals surface area contributed by atoms with Gasteiger partial charge in [0.2, 0.25) is 0 Å². The molecule has 0 spiro atoms. The molecule has 0 aromatic heterocycles. The minimum atomic E-state index is -0.389. The molecule has 1 aliphatic rings. The van der Waals surface area contributed by atoms with Crippen LogP contribution >= 0.6 is 0 Å². The van der Waals surface area contributed by atoms with E-state index in [0.29, 0.717) is 6.61 Å². The third kappa shape index (κ3) is 3.21. The summed E-state index contributed by atoms with van der Waals surface area (Å²) < 4.78 is 5.41. The summed E-state index contributed by atoms with van der Waals surface area (Å²) in [7, 11) is 0. The van der Waals surface area contributed by atoms with Crippen LogP contribution in [0, 0.1) is 5.41 Å². The number of anilines is 1. The van der Waals surface area contributed by atoms with E-state index in [1.54, 1.807) is 0 Å². The van der Waals surface area contributed by atoms with E-state index in [1.807, 2.05) is 32.9 Å². The molecular formula is C17H23NO2. The van der Waals surface area contributed by atoms with Crippen molar-refractivity contribution in [2.75, 3.05) is 24.6 Å². The quantitative estimate of drug-likeness (QED) is 0.769. The summed E-state index contributed by atoms with van der Waals surface area (Å²) in [6.07, 6.45) is 5.07. The average Bonchev–Trinajstić information content (AvgIpc) is 2.47. The zero-order valence-electron chi connectivity index (χ0n) is 12.6. The first kappa shape index (κ1) is 14.6. The maximum Gasteiger partial charge on any atom is 0.311 e. The number of carbonyl (C=O) groups is 1. The molecule has 0 aliphatic carbocycles. The van der Waals surface area contributed by atoms with Crippen LogP contribution in [-0.2, 0) is 9.53 Å². The summed E-state index contributed by atoms with van der Waals surface area (Å²) in [4.78, 5) is 14.2. The number of carbonyl (C=O) groups excluding carboxylic acids is 1. The minimum Gasteiger partial charge on any atom is -0.463 e. The Morgan fingerprint density at radius 2 is 2.10 bits per heavy atom. The summed E-state index contributed by atoms with van der Waals surface area (Å²) in [5.41, 5.74) is 2.04. The van der Waals surface area contributed by atoms with Gasteiger partial charge in [0.05, 0.1) is 12.0 Å². The molecule has 1 aromatic rings. The molecular weight excluding hydrogens is 250 g/mol. The molecule has 20 heavy (non-hydrogen) atoms. The van der Waals surface area contributed by atoms with Crippen molar-refractivity contribution in [3.8, 4) is 0 Å². The van der Waals surface area contributed by atoms with Crippen LogP contribution < -0.4 is 4.90 Å². The van der Waals surface area contributed by atoms with Gasteiger partial charge >= 0.3 is 5.97 Å². The van der Waals surface area contributed by atoms with Gasteiger partial charge in [0.1, 0.15) is 6.61 Å². The predicted molar refractivity (Wildman–Crippen MR) is 82.7 cm³/mol. The van der Waals surface area contributed by atoms with E-state index in [0.717, 1.165) is 19.5 Å². The molecule has 0 radical (unpaired) electrons. The maximum absolute atomic E-state index is 11.9. The third-order valence-electron chi connectivity index (χ3n) is 3.93. The average molecular weight is 273 g/mol. The van der Waals surface area contributed by atoms with Crippen molar-refractivity contribution in [3.63, 3.8) is 0 Å². The highest BCUT2D eigenvalue weighted by atomic mass is 16.5. The van der Waals surface area contributed by atoms with Gasteiger partial charge < -0.3 is 9.64 Å². The second-order valence-electron chi connectivity index (χ2n) is 5.78. The third-order valence-corrected chi connectivity index (χ3v) is 3.93. The molecule has 0 N–H and O–H groups in total. The first-order valence-electron chi connectivity index (χ1n) is 7.22. The Hall–Kier alpha value is -1.77. The Morgan fingerprint density at radius 1 is 1.35 bits per heavy atom. The molecule has 1 aliphatic heterocycles. The Balaban J connectivity index is 1.90. The van der Waals surface area contributed by atoms with E-state index in [-0.39, 0.29) is 11.4 Å². The van der Waals surface area contributed by atoms with Crippen LogP contribution in [0.25, 0.3) is 6.08 Å². The van der Waals surface area contributed by atoms with Gasteiger partial charge in [-0.15, -0.1) is 0 Å². The molecule has 108 valence electrons. The molecule has 0 atom stereocenters. The van der Waals surface area contributed by atoms with Crippen LogP contribution in [0.3, 0.4) is 0 Å². The molecule has 0 unspecified atom stereocenters. The van der Waals surface area contributed by atoms with E-state index in [4.69, 9.17) is 4.74 Å². The zero-order chi connectivity index (χ0) is 14.6. The number of hydrogen-bond acceptors (Lipinski definition) is 3. The van der Waals surface area contributed by atoms with Gasteiger partial charge in [-0.25, -0.2) is 0 Å². The molecule has 0 amide bonds. The summed E-state index contributed by atoms with van der Waals surface area (Å²) in [6, 6.07) is 8.29. The summed E-state index contributed by atoms with van der Waals surface area (Å²) in [6.45, 7) is 7.89. The Bertz CT molecular complexity index is 505. The van der Waals surface area contributed by atoms with Crippen LogP contribution in [-0.4, -0.2) is 25.7 Å². The first-order valence-corrected chi connectivity index (χ1v) is 7.22. The molecule has 0 saturated heterocycles. The largest absolute Gasteiger partial charge is 0.463 e. The Kier molecular flexibility index (Phi) is 4.48. The number of fused-ring (bicyclic) bond motifs is 1. The van der Waals surface area contributed by atoms with Crippen LogP contribution in [0.4, 0.5) is 5.69 Å². The lowest BCUT2D eigenvalue weighted by atomic mass is 9.91. The van der Waals surface area contributed by atoms with Gasteiger partial charge in [0, 0.05) is 12.2 Å². The first-order chi connectivity index (χ1) is 9.54. The lowest BCUT2D eigenvalue weighted by Gasteiger charge is -2.28. The van der Waals surface area contributed by atoms with Gasteiger partial charge in [-0.1, -0.05) is 37.3 Å². The highest BCUT2D eigenvalue weighted by Gasteiger charge is 2.27. The molecule has 1 heterocycles. The predicted octanol–water partition coefficient (Wildman–Crippen LogP) is 3.50. The number of hydrogen-bond donors (Lipinski definition) is 0. The van der Waals surface area contributed by atoms with Crippen molar-refractivity contribution >= 4 is 17.7 Å². The normalized spacial score (nSPS) is 14.1. The fourth-order valence-electron chi connectivity index (χ4n) is 2.12. The maximum atomic E-state index is 11.9. The van der Waals surface area contributed by atoms with Gasteiger partial charge in [-0.05, 0) is 31.9 Å². The van der Waals surface area contributed by atoms with Gasteiger partial charge in [0.15, 0.2) is 0 Å². The molecule has 3 heteroatoms. The van der Waals surface area contributed by atoms with E-state index >= 15 is 0 Å². The number of ether oxygens (including phenoxy) is 1. The molecule has 0 fully saturated rings. The fourth-order valence-corrected chi connectivity index (χ4v) is 2.12. The van der Waals surface area contributed by atoms with Gasteiger partial charge in [-0.3, -0.25) is 4.79 Å². The molecule has 2 rings (SSSR count). The molecule has 0 bridgehead atoms. The van der Waals surface area contributed by atoms with Crippen molar-refractivity contribution in [1.29, 1.82) is 0 Å². The zero-order valence-corrected chi connectivity index (χ0v) is 12.6. The van der Waals surface area contributed by atoms with Crippen molar-refractivity contribution in [2.45, 2.75) is 27.2 Å². The highest BCUT2D eigenvalue weighted by molar-refractivity contribution is 5.76. The molecule has 0 saturated carbocycles. The lowest BCUT2D eigenvalue weighted by Crippen LogP contribution is -2.33. The summed E-state index contributed by atoms with van der Waals surface area (Å²) >= 11 is 0. The van der Waals surface area contributed by atoms with E-state index < -0.39 is 0 Å². The number of rotatable bonds is 5. The number of nitrogens with zero attached hydrogens (tertiary/aromatic N) is 1. The highest BCUT2D eigenvalue weighted by Crippen LogP contribution is 2.25. The van der Waals surface area contributed by atoms with E-state index in [1.165, 1.54) is 11.3 Å². The van der Waals surface area contributed by atoms with Crippen LogP contribution in [0.2, 0.25) is 0 Å². The second-order valence-corrected chi connectivity index (χ2v) is 5.78. The van der Waals surface area contributed by atoms with E-state index in [9.17, 15) is 4.79 Å². The summed E-state index contributed by atoms with van der Waals surface area (Å²) in [5.74, 6) is -0.110. The van der Waals surface area contributed by atoms with Gasteiger partial charge in [-0.2, -0.15) is 0 Å². The topological polar surface area (TPSA) is 29.5 Å². The molecule has 1 aromatic carbocycles. The number of benzene rings is 1. The smallest absolute Gasteiger partial charge is 0.311 e. The second kappa shape index (κ2) is 6.12. The van der Waals surface area contributed by atoms with Crippen LogP contribution in [0.1, 0.15) is 32.8 Å². The minimum absolute atomic E-state index is 0.110. The van der Waals surface area contributed by atoms with Crippen molar-refractivity contribution in [3.05, 3.63) is 35.9 Å². The van der Waals surface area contributed by atoms with E-state index in [2.05, 4.69) is 29.2 Å². The van der Waals surface area contributed by atoms with Crippen molar-refractivity contribution in [2.24, 2.45) is 5.41 Å². The number of esters is 1. The Labute approximate surface area is 121 Å². The number of para-hydroxylation sites is 1. The van der Waals surface area contributed by atoms with Crippen molar-refractivity contribution < 1.29 is 9.53 Å². The van der Waals surface area contributed by atoms with Gasteiger partial charge in [0.25, 0.3) is 0 Å². The standard InChI is InChI=1S/C17H23NO2/c1-4-17(2,3)16(19)20-13-12-18-11-7-9-14-8-5-6-10-15(14)18/h5-10H,4,11-13H2,1-3H3. The summed E-state index contributed by atoms with van der Waals surface area (Å²) in [5, 5.41) is 0. The van der Waals surface area contributed by atoms with Crippen LogP contribution in [0.15, 0.2) is 30.3 Å². The Morgan fingerprint density at radius 3 is 2.85 bits per heavy atom. The SMILES string of the molecule is CCC(C)(C)C(=O)OCCN1CC=Cc2ccccc21. The van der Waals surface area contributed by atoms with Crippen molar-refractivity contribution in [1.82, 2.24) is 0 Å². The monoisotopic (exact) mass is 273 g/mol. The van der Waals surface area contributed by atoms with Crippen LogP contribution in [0.5, 0.6) is 0 Å². The molecule has 3 nitrogen and oxygen atoms in total.